The molecule has 1 unspecified atom stereocenters. The van der Waals surface area contributed by atoms with Crippen LogP contribution in [0.5, 0.6) is 0 Å². The highest BCUT2D eigenvalue weighted by atomic mass is 35.5. The van der Waals surface area contributed by atoms with E-state index in [1.165, 1.54) is 0 Å². The van der Waals surface area contributed by atoms with E-state index in [2.05, 4.69) is 10.4 Å². The molecule has 23 heavy (non-hydrogen) atoms. The van der Waals surface area contributed by atoms with Gasteiger partial charge in [0.05, 0.1) is 29.4 Å². The average molecular weight is 356 g/mol. The van der Waals surface area contributed by atoms with E-state index in [-0.39, 0.29) is 25.0 Å². The molecule has 1 atom stereocenters. The smallest absolute Gasteiger partial charge is 0.224 e. The fraction of sp³-hybridized carbons (Fsp3) is 0.375. The van der Waals surface area contributed by atoms with Crippen LogP contribution < -0.4 is 5.32 Å². The van der Waals surface area contributed by atoms with Gasteiger partial charge in [0.1, 0.15) is 0 Å². The maximum Gasteiger partial charge on any atom is 0.224 e. The first kappa shape index (κ1) is 17.8. The fourth-order valence-electron chi connectivity index (χ4n) is 2.35. The zero-order valence-electron chi connectivity index (χ0n) is 13.2. The number of amides is 1. The van der Waals surface area contributed by atoms with Crippen molar-refractivity contribution in [2.75, 3.05) is 6.61 Å². The lowest BCUT2D eigenvalue weighted by atomic mass is 10.1. The number of aryl methyl sites for hydroxylation is 1. The number of hydrogen-bond acceptors (Lipinski definition) is 3. The largest absolute Gasteiger partial charge is 0.394 e. The van der Waals surface area contributed by atoms with Crippen LogP contribution in [0.4, 0.5) is 0 Å². The predicted octanol–water partition coefficient (Wildman–Crippen LogP) is 2.84. The topological polar surface area (TPSA) is 67.2 Å². The monoisotopic (exact) mass is 355 g/mol. The van der Waals surface area contributed by atoms with Gasteiger partial charge in [0.15, 0.2) is 0 Å². The standard InChI is InChI=1S/C16H19Cl2N3O2/c1-9(8-22)19-16(23)7-13-10(2)20-21(11(13)3)15-5-4-12(17)6-14(15)18/h4-6,9,22H,7-8H2,1-3H3,(H,19,23). The number of nitrogens with zero attached hydrogens (tertiary/aromatic N) is 2. The van der Waals surface area contributed by atoms with E-state index in [1.54, 1.807) is 29.8 Å². The Labute approximate surface area is 145 Å². The molecule has 0 bridgehead atoms. The van der Waals surface area contributed by atoms with Crippen molar-refractivity contribution in [2.24, 2.45) is 0 Å². The summed E-state index contributed by atoms with van der Waals surface area (Å²) < 4.78 is 1.71. The van der Waals surface area contributed by atoms with Crippen molar-refractivity contribution in [1.29, 1.82) is 0 Å². The summed E-state index contributed by atoms with van der Waals surface area (Å²) >= 11 is 12.2. The van der Waals surface area contributed by atoms with Crippen molar-refractivity contribution < 1.29 is 9.90 Å². The Balaban J connectivity index is 2.31. The number of aliphatic hydroxyl groups is 1. The summed E-state index contributed by atoms with van der Waals surface area (Å²) in [6, 6.07) is 4.92. The Kier molecular flexibility index (Phi) is 5.68. The lowest BCUT2D eigenvalue weighted by molar-refractivity contribution is -0.121. The molecule has 7 heteroatoms. The predicted molar refractivity (Wildman–Crippen MR) is 91.5 cm³/mol. The van der Waals surface area contributed by atoms with Gasteiger partial charge < -0.3 is 10.4 Å². The molecular weight excluding hydrogens is 337 g/mol. The molecule has 0 saturated carbocycles. The average Bonchev–Trinajstić information content (AvgIpc) is 2.75. The molecule has 0 saturated heterocycles. The third-order valence-electron chi connectivity index (χ3n) is 3.60. The number of carbonyl (C=O) groups is 1. The number of benzene rings is 1. The Morgan fingerprint density at radius 1 is 1.39 bits per heavy atom. The fourth-order valence-corrected chi connectivity index (χ4v) is 2.84. The van der Waals surface area contributed by atoms with Gasteiger partial charge in [-0.25, -0.2) is 4.68 Å². The Bertz CT molecular complexity index is 728. The van der Waals surface area contributed by atoms with Crippen LogP contribution >= 0.6 is 23.2 Å². The molecule has 0 aliphatic rings. The van der Waals surface area contributed by atoms with Gasteiger partial charge in [-0.2, -0.15) is 5.10 Å². The lowest BCUT2D eigenvalue weighted by Gasteiger charge is -2.11. The zero-order chi connectivity index (χ0) is 17.1. The molecule has 0 spiro atoms. The lowest BCUT2D eigenvalue weighted by Crippen LogP contribution is -2.36. The van der Waals surface area contributed by atoms with Crippen LogP contribution in [0.25, 0.3) is 5.69 Å². The van der Waals surface area contributed by atoms with Crippen LogP contribution in [0.3, 0.4) is 0 Å². The zero-order valence-corrected chi connectivity index (χ0v) is 14.7. The second-order valence-corrected chi connectivity index (χ2v) is 6.33. The van der Waals surface area contributed by atoms with Crippen molar-refractivity contribution in [3.63, 3.8) is 0 Å². The first-order chi connectivity index (χ1) is 10.8. The molecule has 124 valence electrons. The molecule has 5 nitrogen and oxygen atoms in total. The third kappa shape index (κ3) is 4.05. The highest BCUT2D eigenvalue weighted by Gasteiger charge is 2.18. The Hall–Kier alpha value is -1.56. The second-order valence-electron chi connectivity index (χ2n) is 5.48. The SMILES string of the molecule is Cc1nn(-c2ccc(Cl)cc2Cl)c(C)c1CC(=O)NC(C)CO. The van der Waals surface area contributed by atoms with E-state index in [9.17, 15) is 4.79 Å². The molecule has 0 radical (unpaired) electrons. The summed E-state index contributed by atoms with van der Waals surface area (Å²) in [6.07, 6.45) is 0.202. The van der Waals surface area contributed by atoms with Gasteiger partial charge in [-0.05, 0) is 39.0 Å². The van der Waals surface area contributed by atoms with Gasteiger partial charge in [0.2, 0.25) is 5.91 Å². The van der Waals surface area contributed by atoms with Crippen molar-refractivity contribution in [2.45, 2.75) is 33.2 Å². The van der Waals surface area contributed by atoms with Gasteiger partial charge in [-0.15, -0.1) is 0 Å². The molecule has 0 aliphatic carbocycles. The van der Waals surface area contributed by atoms with Gasteiger partial charge in [0, 0.05) is 22.3 Å². The Morgan fingerprint density at radius 2 is 2.09 bits per heavy atom. The van der Waals surface area contributed by atoms with Crippen molar-refractivity contribution in [3.05, 3.63) is 45.2 Å². The van der Waals surface area contributed by atoms with Gasteiger partial charge in [0.25, 0.3) is 0 Å². The first-order valence-electron chi connectivity index (χ1n) is 7.24. The quantitative estimate of drug-likeness (QED) is 0.866. The number of nitrogens with one attached hydrogen (secondary N) is 1. The number of halogens is 2. The summed E-state index contributed by atoms with van der Waals surface area (Å²) in [5.41, 5.74) is 3.17. The van der Waals surface area contributed by atoms with Gasteiger partial charge >= 0.3 is 0 Å². The summed E-state index contributed by atoms with van der Waals surface area (Å²) in [7, 11) is 0. The molecule has 1 heterocycles. The minimum absolute atomic E-state index is 0.0939. The number of aromatic nitrogens is 2. The van der Waals surface area contributed by atoms with Crippen molar-refractivity contribution in [1.82, 2.24) is 15.1 Å². The number of carbonyl (C=O) groups excluding carboxylic acids is 1. The highest BCUT2D eigenvalue weighted by molar-refractivity contribution is 6.35. The van der Waals surface area contributed by atoms with Crippen LogP contribution in [-0.2, 0) is 11.2 Å². The maximum absolute atomic E-state index is 12.0. The molecule has 2 rings (SSSR count). The van der Waals surface area contributed by atoms with Crippen LogP contribution in [0, 0.1) is 13.8 Å². The molecule has 2 aromatic rings. The maximum atomic E-state index is 12.0. The summed E-state index contributed by atoms with van der Waals surface area (Å²) in [6.45, 7) is 5.40. The Morgan fingerprint density at radius 3 is 2.70 bits per heavy atom. The minimum Gasteiger partial charge on any atom is -0.394 e. The number of aliphatic hydroxyl groups excluding tert-OH is 1. The molecule has 1 aromatic heterocycles. The van der Waals surface area contributed by atoms with E-state index < -0.39 is 0 Å². The van der Waals surface area contributed by atoms with Crippen molar-refractivity contribution >= 4 is 29.1 Å². The van der Waals surface area contributed by atoms with E-state index >= 15 is 0 Å². The number of rotatable bonds is 5. The molecule has 2 N–H and O–H groups in total. The first-order valence-corrected chi connectivity index (χ1v) is 7.99. The van der Waals surface area contributed by atoms with Crippen LogP contribution in [0.1, 0.15) is 23.9 Å². The third-order valence-corrected chi connectivity index (χ3v) is 4.14. The number of hydrogen-bond donors (Lipinski definition) is 2. The molecule has 0 fully saturated rings. The van der Waals surface area contributed by atoms with E-state index in [0.717, 1.165) is 17.0 Å². The van der Waals surface area contributed by atoms with Crippen LogP contribution in [0.15, 0.2) is 18.2 Å². The second kappa shape index (κ2) is 7.34. The molecular formula is C16H19Cl2N3O2. The van der Waals surface area contributed by atoms with E-state index in [1.807, 2.05) is 13.8 Å². The highest BCUT2D eigenvalue weighted by Crippen LogP contribution is 2.27. The van der Waals surface area contributed by atoms with Gasteiger partial charge in [-0.3, -0.25) is 4.79 Å². The normalized spacial score (nSPS) is 12.3. The van der Waals surface area contributed by atoms with E-state index in [0.29, 0.717) is 15.7 Å². The minimum atomic E-state index is -0.274. The van der Waals surface area contributed by atoms with Crippen LogP contribution in [-0.4, -0.2) is 33.4 Å². The van der Waals surface area contributed by atoms with Gasteiger partial charge in [-0.1, -0.05) is 23.2 Å². The molecule has 1 aromatic carbocycles. The van der Waals surface area contributed by atoms with Crippen molar-refractivity contribution in [3.8, 4) is 5.69 Å². The summed E-state index contributed by atoms with van der Waals surface area (Å²) in [4.78, 5) is 12.0. The molecule has 0 aliphatic heterocycles. The van der Waals surface area contributed by atoms with E-state index in [4.69, 9.17) is 28.3 Å². The summed E-state index contributed by atoms with van der Waals surface area (Å²) in [5, 5.41) is 17.3. The molecule has 1 amide bonds. The van der Waals surface area contributed by atoms with Crippen LogP contribution in [0.2, 0.25) is 10.0 Å². The summed E-state index contributed by atoms with van der Waals surface area (Å²) in [5.74, 6) is -0.153.